The van der Waals surface area contributed by atoms with Gasteiger partial charge in [0.05, 0.1) is 0 Å². The van der Waals surface area contributed by atoms with Crippen LogP contribution in [0, 0.1) is 0 Å². The molecule has 76 valence electrons. The Kier molecular flexibility index (Phi) is 5.25. The number of carbonyl (C=O) groups is 2. The van der Waals surface area contributed by atoms with Crippen LogP contribution in [0.25, 0.3) is 0 Å². The van der Waals surface area contributed by atoms with Crippen LogP contribution in [0.3, 0.4) is 0 Å². The van der Waals surface area contributed by atoms with E-state index in [1.807, 2.05) is 13.8 Å². The van der Waals surface area contributed by atoms with Crippen molar-refractivity contribution in [2.75, 3.05) is 7.05 Å². The summed E-state index contributed by atoms with van der Waals surface area (Å²) in [5.74, 6) is -0.524. The minimum absolute atomic E-state index is 0.0352. The molecular weight excluding hydrogens is 170 g/mol. The maximum Gasteiger partial charge on any atom is 0.246 e. The number of hydrazine groups is 1. The molecule has 0 aliphatic carbocycles. The number of Topliss-reactive ketones (excluding diaryl/α,β-unsaturated/α-hetero) is 1. The second-order valence-electron chi connectivity index (χ2n) is 3.10. The van der Waals surface area contributed by atoms with Crippen molar-refractivity contribution in [3.63, 3.8) is 0 Å². The fraction of sp³-hybridized carbons (Fsp3) is 0.750. The first-order valence-electron chi connectivity index (χ1n) is 4.22. The fourth-order valence-corrected chi connectivity index (χ4v) is 0.864. The van der Waals surface area contributed by atoms with Crippen molar-refractivity contribution in [3.8, 4) is 0 Å². The van der Waals surface area contributed by atoms with E-state index in [2.05, 4.69) is 16.2 Å². The van der Waals surface area contributed by atoms with Crippen LogP contribution in [-0.4, -0.2) is 30.8 Å². The Labute approximate surface area is 78.2 Å². The number of nitrogens with one attached hydrogen (secondary N) is 3. The van der Waals surface area contributed by atoms with Gasteiger partial charge in [0.2, 0.25) is 5.91 Å². The molecular formula is C8H17N3O2. The maximum atomic E-state index is 11.4. The van der Waals surface area contributed by atoms with E-state index in [0.29, 0.717) is 0 Å². The van der Waals surface area contributed by atoms with Gasteiger partial charge in [0.15, 0.2) is 11.8 Å². The minimum Gasteiger partial charge on any atom is -0.352 e. The zero-order chi connectivity index (χ0) is 10.4. The molecule has 3 N–H and O–H groups in total. The summed E-state index contributed by atoms with van der Waals surface area (Å²) in [6, 6.07) is -0.777. The van der Waals surface area contributed by atoms with Crippen molar-refractivity contribution in [2.45, 2.75) is 32.9 Å². The van der Waals surface area contributed by atoms with Gasteiger partial charge in [0, 0.05) is 6.04 Å². The van der Waals surface area contributed by atoms with E-state index in [1.54, 1.807) is 7.05 Å². The monoisotopic (exact) mass is 187 g/mol. The molecule has 0 radical (unpaired) electrons. The summed E-state index contributed by atoms with van der Waals surface area (Å²) >= 11 is 0. The van der Waals surface area contributed by atoms with Crippen molar-refractivity contribution in [1.29, 1.82) is 0 Å². The molecule has 0 aromatic rings. The topological polar surface area (TPSA) is 70.2 Å². The number of ketones is 1. The molecule has 0 spiro atoms. The van der Waals surface area contributed by atoms with E-state index in [-0.39, 0.29) is 17.7 Å². The van der Waals surface area contributed by atoms with Gasteiger partial charge in [0.1, 0.15) is 0 Å². The van der Waals surface area contributed by atoms with Crippen molar-refractivity contribution in [1.82, 2.24) is 16.2 Å². The minimum atomic E-state index is -0.813. The third-order valence-corrected chi connectivity index (χ3v) is 1.39. The number of hydrogen-bond acceptors (Lipinski definition) is 4. The molecule has 0 rings (SSSR count). The fourth-order valence-electron chi connectivity index (χ4n) is 0.864. The lowest BCUT2D eigenvalue weighted by molar-refractivity contribution is -0.130. The second kappa shape index (κ2) is 5.66. The summed E-state index contributed by atoms with van der Waals surface area (Å²) in [6.45, 7) is 5.05. The molecule has 0 fully saturated rings. The van der Waals surface area contributed by atoms with Gasteiger partial charge >= 0.3 is 0 Å². The van der Waals surface area contributed by atoms with E-state index < -0.39 is 6.04 Å². The van der Waals surface area contributed by atoms with E-state index in [0.717, 1.165) is 0 Å². The smallest absolute Gasteiger partial charge is 0.246 e. The molecule has 0 aliphatic heterocycles. The summed E-state index contributed by atoms with van der Waals surface area (Å²) in [7, 11) is 1.61. The Bertz CT molecular complexity index is 192. The lowest BCUT2D eigenvalue weighted by Gasteiger charge is -2.16. The highest BCUT2D eigenvalue weighted by molar-refractivity contribution is 6.04. The van der Waals surface area contributed by atoms with Crippen LogP contribution in [0.5, 0.6) is 0 Å². The van der Waals surface area contributed by atoms with Gasteiger partial charge in [-0.3, -0.25) is 15.0 Å². The largest absolute Gasteiger partial charge is 0.352 e. The Balaban J connectivity index is 4.20. The highest BCUT2D eigenvalue weighted by Gasteiger charge is 2.22. The van der Waals surface area contributed by atoms with Gasteiger partial charge in [-0.2, -0.15) is 0 Å². The molecule has 5 heteroatoms. The summed E-state index contributed by atoms with van der Waals surface area (Å²) < 4.78 is 0. The average molecular weight is 187 g/mol. The highest BCUT2D eigenvalue weighted by atomic mass is 16.2. The predicted molar refractivity (Wildman–Crippen MR) is 49.9 cm³/mol. The van der Waals surface area contributed by atoms with E-state index in [4.69, 9.17) is 0 Å². The van der Waals surface area contributed by atoms with Crippen LogP contribution in [-0.2, 0) is 9.59 Å². The van der Waals surface area contributed by atoms with Gasteiger partial charge in [-0.1, -0.05) is 0 Å². The van der Waals surface area contributed by atoms with Gasteiger partial charge in [-0.25, -0.2) is 5.43 Å². The SMILES string of the molecule is CNNC(C(C)=O)C(=O)NC(C)C. The zero-order valence-corrected chi connectivity index (χ0v) is 8.47. The molecule has 0 aromatic carbocycles. The Morgan fingerprint density at radius 3 is 2.08 bits per heavy atom. The van der Waals surface area contributed by atoms with E-state index in [9.17, 15) is 9.59 Å². The first-order valence-corrected chi connectivity index (χ1v) is 4.22. The average Bonchev–Trinajstić information content (AvgIpc) is 1.97. The van der Waals surface area contributed by atoms with Gasteiger partial charge in [-0.15, -0.1) is 0 Å². The third kappa shape index (κ3) is 4.59. The van der Waals surface area contributed by atoms with Crippen LogP contribution in [0.2, 0.25) is 0 Å². The first kappa shape index (κ1) is 12.1. The lowest BCUT2D eigenvalue weighted by atomic mass is 10.2. The third-order valence-electron chi connectivity index (χ3n) is 1.39. The second-order valence-corrected chi connectivity index (χ2v) is 3.10. The van der Waals surface area contributed by atoms with Crippen LogP contribution in [0.15, 0.2) is 0 Å². The molecule has 0 saturated carbocycles. The molecule has 0 bridgehead atoms. The number of rotatable bonds is 5. The molecule has 0 aromatic heterocycles. The Morgan fingerprint density at radius 2 is 1.77 bits per heavy atom. The molecule has 0 saturated heterocycles. The number of hydrogen-bond donors (Lipinski definition) is 3. The molecule has 5 nitrogen and oxygen atoms in total. The van der Waals surface area contributed by atoms with Crippen LogP contribution in [0.1, 0.15) is 20.8 Å². The lowest BCUT2D eigenvalue weighted by Crippen LogP contribution is -2.53. The molecule has 1 atom stereocenters. The standard InChI is InChI=1S/C8H17N3O2/c1-5(2)10-8(13)7(6(3)12)11-9-4/h5,7,9,11H,1-4H3,(H,10,13). The maximum absolute atomic E-state index is 11.4. The van der Waals surface area contributed by atoms with Crippen molar-refractivity contribution in [3.05, 3.63) is 0 Å². The summed E-state index contributed by atoms with van der Waals surface area (Å²) in [6.07, 6.45) is 0. The summed E-state index contributed by atoms with van der Waals surface area (Å²) in [5, 5.41) is 2.65. The molecule has 0 aliphatic rings. The van der Waals surface area contributed by atoms with Crippen molar-refractivity contribution < 1.29 is 9.59 Å². The van der Waals surface area contributed by atoms with Crippen molar-refractivity contribution >= 4 is 11.7 Å². The highest BCUT2D eigenvalue weighted by Crippen LogP contribution is 1.87. The van der Waals surface area contributed by atoms with Crippen LogP contribution >= 0.6 is 0 Å². The van der Waals surface area contributed by atoms with Crippen molar-refractivity contribution in [2.24, 2.45) is 0 Å². The predicted octanol–water partition coefficient (Wildman–Crippen LogP) is -0.807. The van der Waals surface area contributed by atoms with Crippen LogP contribution in [0.4, 0.5) is 0 Å². The Hall–Kier alpha value is -0.940. The van der Waals surface area contributed by atoms with E-state index >= 15 is 0 Å². The number of carbonyl (C=O) groups excluding carboxylic acids is 2. The zero-order valence-electron chi connectivity index (χ0n) is 8.47. The summed E-state index contributed by atoms with van der Waals surface area (Å²) in [4.78, 5) is 22.3. The Morgan fingerprint density at radius 1 is 1.23 bits per heavy atom. The van der Waals surface area contributed by atoms with Crippen LogP contribution < -0.4 is 16.2 Å². The molecule has 13 heavy (non-hydrogen) atoms. The summed E-state index contributed by atoms with van der Waals surface area (Å²) in [5.41, 5.74) is 5.15. The quantitative estimate of drug-likeness (QED) is 0.389. The van der Waals surface area contributed by atoms with Gasteiger partial charge in [-0.05, 0) is 27.8 Å². The van der Waals surface area contributed by atoms with Gasteiger partial charge in [0.25, 0.3) is 0 Å². The molecule has 1 amide bonds. The normalized spacial score (nSPS) is 12.7. The van der Waals surface area contributed by atoms with E-state index in [1.165, 1.54) is 6.92 Å². The van der Waals surface area contributed by atoms with Gasteiger partial charge < -0.3 is 5.32 Å². The number of amides is 1. The molecule has 1 unspecified atom stereocenters. The molecule has 0 heterocycles. The first-order chi connectivity index (χ1) is 5.99.